The summed E-state index contributed by atoms with van der Waals surface area (Å²) < 4.78 is 0. The highest BCUT2D eigenvalue weighted by atomic mass is 16.1. The second kappa shape index (κ2) is 6.63. The van der Waals surface area contributed by atoms with Crippen LogP contribution in [0.1, 0.15) is 126 Å². The fourth-order valence-electron chi connectivity index (χ4n) is 11.4. The molecule has 0 heterocycles. The molecule has 1 heteroatoms. The molecule has 5 saturated carbocycles. The van der Waals surface area contributed by atoms with Gasteiger partial charge in [-0.15, -0.1) is 0 Å². The third-order valence-electron chi connectivity index (χ3n) is 13.3. The molecule has 0 bridgehead atoms. The van der Waals surface area contributed by atoms with Crippen molar-refractivity contribution in [2.45, 2.75) is 126 Å². The van der Waals surface area contributed by atoms with E-state index >= 15 is 0 Å². The molecule has 5 fully saturated rings. The van der Waals surface area contributed by atoms with Crippen molar-refractivity contribution in [3.8, 4) is 0 Å². The van der Waals surface area contributed by atoms with Crippen molar-refractivity contribution in [1.29, 1.82) is 0 Å². The predicted molar refractivity (Wildman–Crippen MR) is 130 cm³/mol. The Morgan fingerprint density at radius 1 is 0.645 bits per heavy atom. The smallest absolute Gasteiger partial charge is 0.126 e. The maximum absolute atomic E-state index is 12.6. The maximum Gasteiger partial charge on any atom is 0.126 e. The van der Waals surface area contributed by atoms with E-state index in [2.05, 4.69) is 48.5 Å². The molecule has 1 nitrogen and oxygen atoms in total. The summed E-state index contributed by atoms with van der Waals surface area (Å²) in [7, 11) is 0. The molecule has 0 aliphatic heterocycles. The average Bonchev–Trinajstić information content (AvgIpc) is 2.67. The lowest BCUT2D eigenvalue weighted by Crippen LogP contribution is -2.66. The molecule has 5 rings (SSSR count). The maximum atomic E-state index is 12.6. The van der Waals surface area contributed by atoms with E-state index in [-0.39, 0.29) is 5.41 Å². The van der Waals surface area contributed by atoms with Crippen LogP contribution >= 0.6 is 0 Å². The van der Waals surface area contributed by atoms with Gasteiger partial charge in [-0.1, -0.05) is 54.9 Å². The third kappa shape index (κ3) is 2.83. The van der Waals surface area contributed by atoms with E-state index in [1.165, 1.54) is 70.5 Å². The van der Waals surface area contributed by atoms with Crippen molar-refractivity contribution in [3.63, 3.8) is 0 Å². The van der Waals surface area contributed by atoms with Crippen molar-refractivity contribution < 1.29 is 4.79 Å². The Bertz CT molecular complexity index is 750. The van der Waals surface area contributed by atoms with Crippen LogP contribution in [-0.2, 0) is 4.79 Å². The molecule has 0 aromatic heterocycles. The van der Waals surface area contributed by atoms with Crippen LogP contribution < -0.4 is 0 Å². The number of fused-ring (bicyclic) bond motifs is 7. The van der Waals surface area contributed by atoms with E-state index in [4.69, 9.17) is 0 Å². The summed E-state index contributed by atoms with van der Waals surface area (Å²) in [5.74, 6) is 3.15. The summed E-state index contributed by atoms with van der Waals surface area (Å²) in [6, 6.07) is 0. The SMILES string of the molecule is CC1(C)CCC2(C=O)CCC3(C)C(CCC4C5(C)CCCC(C)(C)C5CCC43C)C2C1. The van der Waals surface area contributed by atoms with Crippen molar-refractivity contribution in [3.05, 3.63) is 0 Å². The van der Waals surface area contributed by atoms with Crippen molar-refractivity contribution in [2.24, 2.45) is 56.2 Å². The minimum Gasteiger partial charge on any atom is -0.303 e. The van der Waals surface area contributed by atoms with Crippen LogP contribution in [0.2, 0.25) is 0 Å². The van der Waals surface area contributed by atoms with Gasteiger partial charge in [-0.2, -0.15) is 0 Å². The van der Waals surface area contributed by atoms with E-state index < -0.39 is 0 Å². The van der Waals surface area contributed by atoms with Crippen molar-refractivity contribution in [2.75, 3.05) is 0 Å². The van der Waals surface area contributed by atoms with Gasteiger partial charge in [0.2, 0.25) is 0 Å². The Balaban J connectivity index is 1.54. The first kappa shape index (κ1) is 22.5. The lowest BCUT2D eigenvalue weighted by Gasteiger charge is -2.73. The van der Waals surface area contributed by atoms with Crippen LogP contribution in [0.4, 0.5) is 0 Å². The highest BCUT2D eigenvalue weighted by Crippen LogP contribution is 2.76. The first-order chi connectivity index (χ1) is 14.3. The zero-order valence-electron chi connectivity index (χ0n) is 21.8. The standard InChI is InChI=1S/C30H50O/c1-25(2)15-17-30(20-31)18-16-28(6)21(22(30)19-25)9-10-24-27(5)13-8-12-26(3,4)23(27)11-14-29(24,28)7/h20-24H,8-19H2,1-7H3. The molecule has 0 amide bonds. The first-order valence-electron chi connectivity index (χ1n) is 13.8. The van der Waals surface area contributed by atoms with Gasteiger partial charge in [-0.25, -0.2) is 0 Å². The molecule has 8 unspecified atom stereocenters. The van der Waals surface area contributed by atoms with Gasteiger partial charge < -0.3 is 4.79 Å². The van der Waals surface area contributed by atoms with Gasteiger partial charge in [0, 0.05) is 5.41 Å². The molecule has 176 valence electrons. The average molecular weight is 427 g/mol. The second-order valence-electron chi connectivity index (χ2n) is 15.3. The van der Waals surface area contributed by atoms with Crippen molar-refractivity contribution >= 4 is 6.29 Å². The Morgan fingerprint density at radius 3 is 2.06 bits per heavy atom. The van der Waals surface area contributed by atoms with Crippen LogP contribution in [-0.4, -0.2) is 6.29 Å². The summed E-state index contributed by atoms with van der Waals surface area (Å²) in [5.41, 5.74) is 2.30. The molecule has 8 atom stereocenters. The Morgan fingerprint density at radius 2 is 1.35 bits per heavy atom. The molecular weight excluding hydrogens is 376 g/mol. The lowest BCUT2D eigenvalue weighted by atomic mass is 9.31. The molecule has 0 aromatic carbocycles. The van der Waals surface area contributed by atoms with Gasteiger partial charge in [0.25, 0.3) is 0 Å². The van der Waals surface area contributed by atoms with Crippen LogP contribution in [0.25, 0.3) is 0 Å². The predicted octanol–water partition coefficient (Wildman–Crippen LogP) is 8.46. The van der Waals surface area contributed by atoms with Gasteiger partial charge >= 0.3 is 0 Å². The monoisotopic (exact) mass is 426 g/mol. The molecule has 0 aromatic rings. The van der Waals surface area contributed by atoms with Gasteiger partial charge in [0.15, 0.2) is 0 Å². The Labute approximate surface area is 192 Å². The number of aldehydes is 1. The molecule has 5 aliphatic rings. The van der Waals surface area contributed by atoms with E-state index in [1.54, 1.807) is 0 Å². The molecule has 0 saturated heterocycles. The van der Waals surface area contributed by atoms with Crippen LogP contribution in [0, 0.1) is 56.2 Å². The zero-order chi connectivity index (χ0) is 22.5. The van der Waals surface area contributed by atoms with Crippen LogP contribution in [0.3, 0.4) is 0 Å². The summed E-state index contributed by atoms with van der Waals surface area (Å²) in [6.45, 7) is 18.2. The summed E-state index contributed by atoms with van der Waals surface area (Å²) in [4.78, 5) is 12.6. The van der Waals surface area contributed by atoms with Gasteiger partial charge in [-0.3, -0.25) is 0 Å². The quantitative estimate of drug-likeness (QED) is 0.384. The summed E-state index contributed by atoms with van der Waals surface area (Å²) in [5, 5.41) is 0. The lowest BCUT2D eigenvalue weighted by molar-refractivity contribution is -0.241. The van der Waals surface area contributed by atoms with E-state index in [0.717, 1.165) is 30.6 Å². The number of hydrogen-bond donors (Lipinski definition) is 0. The molecule has 0 radical (unpaired) electrons. The fraction of sp³-hybridized carbons (Fsp3) is 0.967. The number of carbonyl (C=O) groups is 1. The first-order valence-corrected chi connectivity index (χ1v) is 13.8. The molecule has 31 heavy (non-hydrogen) atoms. The minimum atomic E-state index is -0.00315. The molecule has 0 N–H and O–H groups in total. The fourth-order valence-corrected chi connectivity index (χ4v) is 11.4. The van der Waals surface area contributed by atoms with Gasteiger partial charge in [0.1, 0.15) is 6.29 Å². The van der Waals surface area contributed by atoms with Crippen LogP contribution in [0.15, 0.2) is 0 Å². The third-order valence-corrected chi connectivity index (χ3v) is 13.3. The molecular formula is C30H50O. The van der Waals surface area contributed by atoms with Gasteiger partial charge in [-0.05, 0) is 121 Å². The van der Waals surface area contributed by atoms with E-state index in [9.17, 15) is 4.79 Å². The molecule has 0 spiro atoms. The number of rotatable bonds is 1. The highest BCUT2D eigenvalue weighted by Gasteiger charge is 2.69. The number of carbonyl (C=O) groups excluding carboxylic acids is 1. The molecule has 5 aliphatic carbocycles. The van der Waals surface area contributed by atoms with Crippen LogP contribution in [0.5, 0.6) is 0 Å². The number of hydrogen-bond acceptors (Lipinski definition) is 1. The zero-order valence-corrected chi connectivity index (χ0v) is 21.8. The Kier molecular flexibility index (Phi) is 4.80. The second-order valence-corrected chi connectivity index (χ2v) is 15.3. The minimum absolute atomic E-state index is 0.00315. The highest BCUT2D eigenvalue weighted by molar-refractivity contribution is 5.61. The van der Waals surface area contributed by atoms with E-state index in [1.807, 2.05) is 0 Å². The summed E-state index contributed by atoms with van der Waals surface area (Å²) in [6.07, 6.45) is 17.6. The van der Waals surface area contributed by atoms with E-state index in [0.29, 0.717) is 33.0 Å². The topological polar surface area (TPSA) is 17.1 Å². The Hall–Kier alpha value is -0.330. The largest absolute Gasteiger partial charge is 0.303 e. The summed E-state index contributed by atoms with van der Waals surface area (Å²) >= 11 is 0. The van der Waals surface area contributed by atoms with Gasteiger partial charge in [0.05, 0.1) is 0 Å². The normalized spacial score (nSPS) is 55.2. The van der Waals surface area contributed by atoms with Crippen molar-refractivity contribution in [1.82, 2.24) is 0 Å².